The highest BCUT2D eigenvalue weighted by Crippen LogP contribution is 2.34. The molecule has 3 saturated heterocycles. The van der Waals surface area contributed by atoms with Crippen LogP contribution in [0, 0.1) is 11.8 Å². The lowest BCUT2D eigenvalue weighted by molar-refractivity contribution is 0.0832. The average molecular weight is 318 g/mol. The second-order valence-electron chi connectivity index (χ2n) is 6.77. The van der Waals surface area contributed by atoms with E-state index in [1.54, 1.807) is 6.20 Å². The van der Waals surface area contributed by atoms with Crippen molar-refractivity contribution in [2.75, 3.05) is 19.6 Å². The van der Waals surface area contributed by atoms with E-state index in [1.807, 2.05) is 6.20 Å². The summed E-state index contributed by atoms with van der Waals surface area (Å²) in [6, 6.07) is 0. The van der Waals surface area contributed by atoms with E-state index in [0.717, 1.165) is 35.1 Å². The third-order valence-corrected chi connectivity index (χ3v) is 5.76. The van der Waals surface area contributed by atoms with Crippen molar-refractivity contribution in [2.45, 2.75) is 51.9 Å². The summed E-state index contributed by atoms with van der Waals surface area (Å²) in [7, 11) is 0. The maximum Gasteiger partial charge on any atom is 0.0987 e. The SMILES string of the molecule is CCCCCCc1nccnc1C(=S)C1CN2CCC1CC2. The predicted molar refractivity (Wildman–Crippen MR) is 94.2 cm³/mol. The Labute approximate surface area is 139 Å². The minimum Gasteiger partial charge on any atom is -0.303 e. The minimum absolute atomic E-state index is 0.517. The molecule has 0 amide bonds. The molecule has 120 valence electrons. The van der Waals surface area contributed by atoms with E-state index in [-0.39, 0.29) is 0 Å². The number of aromatic nitrogens is 2. The molecule has 0 N–H and O–H groups in total. The van der Waals surface area contributed by atoms with Crippen LogP contribution < -0.4 is 0 Å². The van der Waals surface area contributed by atoms with Crippen molar-refractivity contribution in [1.82, 2.24) is 14.9 Å². The molecule has 1 aromatic rings. The van der Waals surface area contributed by atoms with Gasteiger partial charge in [0.1, 0.15) is 0 Å². The topological polar surface area (TPSA) is 29.0 Å². The summed E-state index contributed by atoms with van der Waals surface area (Å²) >= 11 is 5.86. The Bertz CT molecular complexity index is 509. The first-order valence-electron chi connectivity index (χ1n) is 8.86. The molecule has 0 aliphatic carbocycles. The lowest BCUT2D eigenvalue weighted by Gasteiger charge is -2.45. The molecule has 3 aliphatic heterocycles. The Morgan fingerprint density at radius 2 is 1.95 bits per heavy atom. The summed E-state index contributed by atoms with van der Waals surface area (Å²) in [6.07, 6.45) is 12.3. The van der Waals surface area contributed by atoms with E-state index in [9.17, 15) is 0 Å². The Balaban J connectivity index is 1.69. The molecule has 4 rings (SSSR count). The number of aryl methyl sites for hydroxylation is 1. The number of rotatable bonds is 7. The smallest absolute Gasteiger partial charge is 0.0987 e. The van der Waals surface area contributed by atoms with Crippen molar-refractivity contribution in [2.24, 2.45) is 11.8 Å². The molecular formula is C18H27N3S. The van der Waals surface area contributed by atoms with Crippen LogP contribution in [0.2, 0.25) is 0 Å². The molecule has 3 fully saturated rings. The fourth-order valence-corrected chi connectivity index (χ4v) is 4.35. The van der Waals surface area contributed by atoms with Crippen LogP contribution in [0.4, 0.5) is 0 Å². The van der Waals surface area contributed by atoms with Crippen molar-refractivity contribution in [3.8, 4) is 0 Å². The second kappa shape index (κ2) is 7.60. The van der Waals surface area contributed by atoms with E-state index in [2.05, 4.69) is 21.8 Å². The van der Waals surface area contributed by atoms with Crippen LogP contribution in [0.25, 0.3) is 0 Å². The van der Waals surface area contributed by atoms with Crippen molar-refractivity contribution >= 4 is 17.1 Å². The first-order chi connectivity index (χ1) is 10.8. The summed E-state index contributed by atoms with van der Waals surface area (Å²) in [5.74, 6) is 1.29. The molecule has 0 saturated carbocycles. The summed E-state index contributed by atoms with van der Waals surface area (Å²) in [5.41, 5.74) is 2.15. The van der Waals surface area contributed by atoms with Gasteiger partial charge in [0.25, 0.3) is 0 Å². The summed E-state index contributed by atoms with van der Waals surface area (Å²) in [4.78, 5) is 12.8. The largest absolute Gasteiger partial charge is 0.303 e. The molecule has 22 heavy (non-hydrogen) atoms. The molecule has 1 atom stereocenters. The Hall–Kier alpha value is -0.870. The van der Waals surface area contributed by atoms with Gasteiger partial charge in [-0.25, -0.2) is 0 Å². The van der Waals surface area contributed by atoms with Gasteiger partial charge in [-0.2, -0.15) is 0 Å². The van der Waals surface area contributed by atoms with Crippen molar-refractivity contribution in [3.63, 3.8) is 0 Å². The van der Waals surface area contributed by atoms with Crippen LogP contribution in [0.15, 0.2) is 12.4 Å². The Morgan fingerprint density at radius 3 is 2.64 bits per heavy atom. The molecule has 0 aromatic carbocycles. The number of unbranched alkanes of at least 4 members (excludes halogenated alkanes) is 3. The number of fused-ring (bicyclic) bond motifs is 3. The van der Waals surface area contributed by atoms with Crippen LogP contribution in [0.5, 0.6) is 0 Å². The van der Waals surface area contributed by atoms with Crippen molar-refractivity contribution < 1.29 is 0 Å². The van der Waals surface area contributed by atoms with E-state index < -0.39 is 0 Å². The summed E-state index contributed by atoms with van der Waals surface area (Å²) < 4.78 is 0. The summed E-state index contributed by atoms with van der Waals surface area (Å²) in [5, 5.41) is 0. The van der Waals surface area contributed by atoms with Gasteiger partial charge in [0.15, 0.2) is 0 Å². The lowest BCUT2D eigenvalue weighted by atomic mass is 9.76. The third-order valence-electron chi connectivity index (χ3n) is 5.27. The number of piperidine rings is 3. The second-order valence-corrected chi connectivity index (χ2v) is 7.21. The number of nitrogens with zero attached hydrogens (tertiary/aromatic N) is 3. The van der Waals surface area contributed by atoms with Gasteiger partial charge in [-0.3, -0.25) is 9.97 Å². The van der Waals surface area contributed by atoms with Crippen LogP contribution >= 0.6 is 12.2 Å². The molecule has 4 heterocycles. The first kappa shape index (κ1) is 16.0. The van der Waals surface area contributed by atoms with Gasteiger partial charge < -0.3 is 4.90 Å². The van der Waals surface area contributed by atoms with Crippen LogP contribution in [-0.4, -0.2) is 39.4 Å². The molecule has 4 heteroatoms. The zero-order valence-corrected chi connectivity index (χ0v) is 14.4. The van der Waals surface area contributed by atoms with Gasteiger partial charge in [0.05, 0.1) is 11.4 Å². The minimum atomic E-state index is 0.517. The maximum atomic E-state index is 5.86. The molecule has 0 radical (unpaired) electrons. The standard InChI is InChI=1S/C18H27N3S/c1-2-3-4-5-6-16-17(20-10-9-19-16)18(22)15-13-21-11-7-14(15)8-12-21/h9-10,14-15H,2-8,11-13H2,1H3. The van der Waals surface area contributed by atoms with Crippen LogP contribution in [-0.2, 0) is 6.42 Å². The van der Waals surface area contributed by atoms with Gasteiger partial charge >= 0.3 is 0 Å². The van der Waals surface area contributed by atoms with Gasteiger partial charge in [-0.05, 0) is 44.7 Å². The van der Waals surface area contributed by atoms with E-state index in [1.165, 1.54) is 51.6 Å². The van der Waals surface area contributed by atoms with Crippen molar-refractivity contribution in [1.29, 1.82) is 0 Å². The quantitative estimate of drug-likeness (QED) is 0.436. The highest BCUT2D eigenvalue weighted by atomic mass is 32.1. The van der Waals surface area contributed by atoms with Gasteiger partial charge in [-0.15, -0.1) is 0 Å². The zero-order chi connectivity index (χ0) is 15.4. The van der Waals surface area contributed by atoms with Gasteiger partial charge in [0.2, 0.25) is 0 Å². The molecule has 3 nitrogen and oxygen atoms in total. The molecule has 0 spiro atoms. The average Bonchev–Trinajstić information content (AvgIpc) is 2.59. The van der Waals surface area contributed by atoms with Gasteiger partial charge in [0, 0.05) is 29.7 Å². The molecule has 3 aliphatic rings. The van der Waals surface area contributed by atoms with Gasteiger partial charge in [-0.1, -0.05) is 38.4 Å². The highest BCUT2D eigenvalue weighted by Gasteiger charge is 2.37. The number of hydrogen-bond donors (Lipinski definition) is 0. The predicted octanol–water partition coefficient (Wildman–Crippen LogP) is 3.66. The Morgan fingerprint density at radius 1 is 1.18 bits per heavy atom. The van der Waals surface area contributed by atoms with E-state index in [0.29, 0.717) is 5.92 Å². The monoisotopic (exact) mass is 317 g/mol. The zero-order valence-electron chi connectivity index (χ0n) is 13.6. The first-order valence-corrected chi connectivity index (χ1v) is 9.27. The van der Waals surface area contributed by atoms with E-state index in [4.69, 9.17) is 12.2 Å². The molecule has 1 aromatic heterocycles. The fourth-order valence-electron chi connectivity index (χ4n) is 3.91. The van der Waals surface area contributed by atoms with Crippen LogP contribution in [0.3, 0.4) is 0 Å². The number of thiocarbonyl (C=S) groups is 1. The highest BCUT2D eigenvalue weighted by molar-refractivity contribution is 7.80. The molecule has 2 bridgehead atoms. The fraction of sp³-hybridized carbons (Fsp3) is 0.722. The molecular weight excluding hydrogens is 290 g/mol. The molecule has 1 unspecified atom stereocenters. The maximum absolute atomic E-state index is 5.86. The third kappa shape index (κ3) is 3.54. The van der Waals surface area contributed by atoms with E-state index >= 15 is 0 Å². The van der Waals surface area contributed by atoms with Crippen molar-refractivity contribution in [3.05, 3.63) is 23.8 Å². The normalized spacial score (nSPS) is 27.0. The number of hydrogen-bond acceptors (Lipinski definition) is 4. The van der Waals surface area contributed by atoms with Crippen LogP contribution in [0.1, 0.15) is 56.8 Å². The Kier molecular flexibility index (Phi) is 5.53. The lowest BCUT2D eigenvalue weighted by Crippen LogP contribution is -2.50. The summed E-state index contributed by atoms with van der Waals surface area (Å²) in [6.45, 7) is 5.90.